The molecule has 0 aliphatic heterocycles. The highest BCUT2D eigenvalue weighted by Gasteiger charge is 2.63. The summed E-state index contributed by atoms with van der Waals surface area (Å²) in [6.45, 7) is 2.31. The number of hydrogen-bond acceptors (Lipinski definition) is 2. The first-order valence-electron chi connectivity index (χ1n) is 9.73. The SMILES string of the molecule is C[C@]12C[C@H](CCl)[C@H]3[C@@H](CCC4=CC(=O)CC[C@@H]43)[C@@H]1CC[C@@]2(O)/C=C\I. The Morgan fingerprint density at radius 1 is 1.36 bits per heavy atom. The third kappa shape index (κ3) is 2.70. The van der Waals surface area contributed by atoms with Gasteiger partial charge in [-0.1, -0.05) is 35.1 Å². The lowest BCUT2D eigenvalue weighted by molar-refractivity contribution is -0.120. The summed E-state index contributed by atoms with van der Waals surface area (Å²) >= 11 is 8.72. The number of allylic oxidation sites excluding steroid dienone is 1. The number of halogens is 2. The fraction of sp³-hybridized carbons (Fsp3) is 0.762. The van der Waals surface area contributed by atoms with Crippen LogP contribution in [-0.4, -0.2) is 22.4 Å². The van der Waals surface area contributed by atoms with Crippen LogP contribution in [0.4, 0.5) is 0 Å². The van der Waals surface area contributed by atoms with E-state index in [9.17, 15) is 9.90 Å². The van der Waals surface area contributed by atoms with E-state index in [1.54, 1.807) is 0 Å². The number of ketones is 1. The van der Waals surface area contributed by atoms with Crippen LogP contribution in [0.5, 0.6) is 0 Å². The first-order valence-corrected chi connectivity index (χ1v) is 11.5. The lowest BCUT2D eigenvalue weighted by Crippen LogP contribution is -2.55. The fourth-order valence-electron chi connectivity index (χ4n) is 7.07. The maximum atomic E-state index is 11.9. The molecule has 0 aromatic carbocycles. The second-order valence-corrected chi connectivity index (χ2v) is 10.0. The summed E-state index contributed by atoms with van der Waals surface area (Å²) in [6.07, 6.45) is 10.9. The van der Waals surface area contributed by atoms with Gasteiger partial charge in [0.1, 0.15) is 0 Å². The molecule has 0 unspecified atom stereocenters. The van der Waals surface area contributed by atoms with Crippen LogP contribution in [0.25, 0.3) is 0 Å². The predicted molar refractivity (Wildman–Crippen MR) is 110 cm³/mol. The molecule has 25 heavy (non-hydrogen) atoms. The van der Waals surface area contributed by atoms with Gasteiger partial charge in [-0.2, -0.15) is 0 Å². The molecule has 0 amide bonds. The Balaban J connectivity index is 1.71. The molecule has 0 saturated heterocycles. The van der Waals surface area contributed by atoms with Gasteiger partial charge in [0, 0.05) is 17.7 Å². The number of hydrogen-bond donors (Lipinski definition) is 1. The Morgan fingerprint density at radius 3 is 2.88 bits per heavy atom. The quantitative estimate of drug-likeness (QED) is 0.437. The molecule has 4 rings (SSSR count). The van der Waals surface area contributed by atoms with Crippen LogP contribution in [0.2, 0.25) is 0 Å². The Bertz CT molecular complexity index is 629. The van der Waals surface area contributed by atoms with E-state index in [1.807, 2.05) is 16.2 Å². The van der Waals surface area contributed by atoms with Crippen molar-refractivity contribution in [2.75, 3.05) is 5.88 Å². The molecule has 4 aliphatic carbocycles. The number of carbonyl (C=O) groups excluding carboxylic acids is 1. The molecule has 7 atom stereocenters. The van der Waals surface area contributed by atoms with Gasteiger partial charge in [0.25, 0.3) is 0 Å². The molecule has 0 aromatic heterocycles. The molecule has 0 radical (unpaired) electrons. The number of rotatable bonds is 2. The third-order valence-corrected chi connectivity index (χ3v) is 8.93. The van der Waals surface area contributed by atoms with E-state index in [0.717, 1.165) is 38.5 Å². The van der Waals surface area contributed by atoms with E-state index >= 15 is 0 Å². The lowest BCUT2D eigenvalue weighted by Gasteiger charge is -2.58. The molecule has 1 N–H and O–H groups in total. The van der Waals surface area contributed by atoms with Crippen molar-refractivity contribution in [3.05, 3.63) is 21.8 Å². The maximum Gasteiger partial charge on any atom is 0.155 e. The number of fused-ring (bicyclic) bond motifs is 5. The minimum atomic E-state index is -0.688. The van der Waals surface area contributed by atoms with Crippen LogP contribution in [-0.2, 0) is 4.79 Å². The van der Waals surface area contributed by atoms with Crippen molar-refractivity contribution in [3.63, 3.8) is 0 Å². The zero-order valence-electron chi connectivity index (χ0n) is 14.9. The number of alkyl halides is 1. The number of aliphatic hydroxyl groups is 1. The van der Waals surface area contributed by atoms with Crippen LogP contribution >= 0.6 is 34.2 Å². The normalized spacial score (nSPS) is 49.5. The summed E-state index contributed by atoms with van der Waals surface area (Å²) < 4.78 is 1.99. The molecule has 3 saturated carbocycles. The summed E-state index contributed by atoms with van der Waals surface area (Å²) in [6, 6.07) is 0. The average molecular weight is 475 g/mol. The van der Waals surface area contributed by atoms with Crippen molar-refractivity contribution in [1.29, 1.82) is 0 Å². The molecule has 4 aliphatic rings. The molecule has 0 bridgehead atoms. The smallest absolute Gasteiger partial charge is 0.155 e. The van der Waals surface area contributed by atoms with E-state index < -0.39 is 5.60 Å². The van der Waals surface area contributed by atoms with Crippen molar-refractivity contribution in [3.8, 4) is 0 Å². The largest absolute Gasteiger partial charge is 0.385 e. The van der Waals surface area contributed by atoms with Gasteiger partial charge in [-0.3, -0.25) is 4.79 Å². The van der Waals surface area contributed by atoms with Crippen LogP contribution in [0.3, 0.4) is 0 Å². The Morgan fingerprint density at radius 2 is 2.16 bits per heavy atom. The predicted octanol–water partition coefficient (Wildman–Crippen LogP) is 5.27. The van der Waals surface area contributed by atoms with Gasteiger partial charge >= 0.3 is 0 Å². The second-order valence-electron chi connectivity index (χ2n) is 9.01. The Labute approximate surface area is 169 Å². The molecule has 4 heteroatoms. The van der Waals surface area contributed by atoms with E-state index in [4.69, 9.17) is 11.6 Å². The Hall–Kier alpha value is 0.130. The molecule has 2 nitrogen and oxygen atoms in total. The number of carbonyl (C=O) groups is 1. The zero-order valence-corrected chi connectivity index (χ0v) is 17.8. The molecule has 0 spiro atoms. The molecule has 3 fully saturated rings. The highest BCUT2D eigenvalue weighted by atomic mass is 127. The third-order valence-electron chi connectivity index (χ3n) is 8.18. The highest BCUT2D eigenvalue weighted by molar-refractivity contribution is 14.1. The minimum Gasteiger partial charge on any atom is -0.385 e. The van der Waals surface area contributed by atoms with Gasteiger partial charge in [-0.15, -0.1) is 11.6 Å². The highest BCUT2D eigenvalue weighted by Crippen LogP contribution is 2.66. The first-order chi connectivity index (χ1) is 11.9. The van der Waals surface area contributed by atoms with Crippen molar-refractivity contribution >= 4 is 40.0 Å². The van der Waals surface area contributed by atoms with Gasteiger partial charge in [0.15, 0.2) is 5.78 Å². The van der Waals surface area contributed by atoms with Crippen molar-refractivity contribution in [2.24, 2.45) is 35.0 Å². The van der Waals surface area contributed by atoms with E-state index in [0.29, 0.717) is 47.7 Å². The summed E-state index contributed by atoms with van der Waals surface area (Å²) in [5.74, 6) is 3.82. The van der Waals surface area contributed by atoms with Gasteiger partial charge in [-0.25, -0.2) is 0 Å². The van der Waals surface area contributed by atoms with Crippen molar-refractivity contribution in [1.82, 2.24) is 0 Å². The van der Waals surface area contributed by atoms with E-state index in [1.165, 1.54) is 5.57 Å². The lowest BCUT2D eigenvalue weighted by atomic mass is 9.48. The van der Waals surface area contributed by atoms with Crippen molar-refractivity contribution in [2.45, 2.75) is 57.5 Å². The summed E-state index contributed by atoms with van der Waals surface area (Å²) in [4.78, 5) is 11.9. The Kier molecular flexibility index (Phi) is 4.90. The molecular formula is C21H28ClIO2. The molecule has 0 aromatic rings. The first kappa shape index (κ1) is 18.5. The van der Waals surface area contributed by atoms with Crippen LogP contribution in [0.15, 0.2) is 21.8 Å². The van der Waals surface area contributed by atoms with Crippen LogP contribution in [0, 0.1) is 35.0 Å². The van der Waals surface area contributed by atoms with Crippen LogP contribution < -0.4 is 0 Å². The van der Waals surface area contributed by atoms with Gasteiger partial charge in [0.05, 0.1) is 5.60 Å². The van der Waals surface area contributed by atoms with E-state index in [-0.39, 0.29) is 5.41 Å². The van der Waals surface area contributed by atoms with Crippen LogP contribution in [0.1, 0.15) is 51.9 Å². The zero-order chi connectivity index (χ0) is 17.8. The van der Waals surface area contributed by atoms with E-state index in [2.05, 4.69) is 29.5 Å². The monoisotopic (exact) mass is 474 g/mol. The van der Waals surface area contributed by atoms with Gasteiger partial charge in [0.2, 0.25) is 0 Å². The molecule has 138 valence electrons. The van der Waals surface area contributed by atoms with Crippen molar-refractivity contribution < 1.29 is 9.90 Å². The second kappa shape index (κ2) is 6.63. The molecular weight excluding hydrogens is 447 g/mol. The minimum absolute atomic E-state index is 0.0684. The molecule has 0 heterocycles. The van der Waals surface area contributed by atoms with Gasteiger partial charge < -0.3 is 5.11 Å². The van der Waals surface area contributed by atoms with Gasteiger partial charge in [-0.05, 0) is 84.3 Å². The summed E-state index contributed by atoms with van der Waals surface area (Å²) in [7, 11) is 0. The summed E-state index contributed by atoms with van der Waals surface area (Å²) in [5, 5.41) is 11.4. The maximum absolute atomic E-state index is 11.9. The standard InChI is InChI=1S/C21H28ClIO2/c1-20-11-14(12-22)19-16-5-3-15(24)10-13(16)2-4-17(19)18(20)6-7-21(20,25)8-9-23/h8-10,14,16-19,25H,2-7,11-12H2,1H3/b9-8-/t14-,16+,17+,18+,19-,20+,21-/m1/s1. The topological polar surface area (TPSA) is 37.3 Å². The average Bonchev–Trinajstić information content (AvgIpc) is 2.85. The summed E-state index contributed by atoms with van der Waals surface area (Å²) in [5.41, 5.74) is 0.644. The fourth-order valence-corrected chi connectivity index (χ4v) is 7.98.